The predicted octanol–water partition coefficient (Wildman–Crippen LogP) is 1.71. The minimum atomic E-state index is -0.384. The van der Waals surface area contributed by atoms with Gasteiger partial charge in [-0.1, -0.05) is 27.2 Å². The Bertz CT molecular complexity index is 404. The Morgan fingerprint density at radius 1 is 1.33 bits per heavy atom. The topological polar surface area (TPSA) is 58.6 Å². The van der Waals surface area contributed by atoms with Gasteiger partial charge < -0.3 is 15.0 Å². The molecule has 0 radical (unpaired) electrons. The molecule has 0 aromatic rings. The molecule has 2 aliphatic rings. The first-order valence-electron chi connectivity index (χ1n) is 8.16. The van der Waals surface area contributed by atoms with E-state index in [9.17, 15) is 9.59 Å². The SMILES string of the molecule is CCC(C)C1NC(=O)C(CC)N(C2(C)CCOCC2)C1=O. The van der Waals surface area contributed by atoms with E-state index in [1.807, 2.05) is 18.7 Å². The Labute approximate surface area is 127 Å². The second kappa shape index (κ2) is 6.34. The highest BCUT2D eigenvalue weighted by Crippen LogP contribution is 2.33. The molecule has 0 aromatic carbocycles. The van der Waals surface area contributed by atoms with Crippen molar-refractivity contribution < 1.29 is 14.3 Å². The average Bonchev–Trinajstić information content (AvgIpc) is 2.48. The van der Waals surface area contributed by atoms with Crippen molar-refractivity contribution in [2.45, 2.75) is 71.0 Å². The number of rotatable bonds is 4. The van der Waals surface area contributed by atoms with Crippen LogP contribution in [0.2, 0.25) is 0 Å². The summed E-state index contributed by atoms with van der Waals surface area (Å²) in [6, 6.07) is -0.731. The molecule has 0 saturated carbocycles. The molecule has 2 aliphatic heterocycles. The molecular formula is C16H28N2O3. The van der Waals surface area contributed by atoms with Gasteiger partial charge in [0, 0.05) is 18.8 Å². The summed E-state index contributed by atoms with van der Waals surface area (Å²) in [7, 11) is 0. The van der Waals surface area contributed by atoms with Crippen molar-refractivity contribution in [2.24, 2.45) is 5.92 Å². The van der Waals surface area contributed by atoms with Crippen LogP contribution in [0.3, 0.4) is 0 Å². The molecule has 2 fully saturated rings. The van der Waals surface area contributed by atoms with Crippen LogP contribution in [0.5, 0.6) is 0 Å². The number of piperazine rings is 1. The zero-order valence-corrected chi connectivity index (χ0v) is 13.6. The Balaban J connectivity index is 2.32. The predicted molar refractivity (Wildman–Crippen MR) is 80.8 cm³/mol. The molecule has 3 unspecified atom stereocenters. The van der Waals surface area contributed by atoms with E-state index in [1.54, 1.807) is 0 Å². The van der Waals surface area contributed by atoms with Gasteiger partial charge in [0.2, 0.25) is 11.8 Å². The van der Waals surface area contributed by atoms with Crippen LogP contribution in [0.1, 0.15) is 53.4 Å². The van der Waals surface area contributed by atoms with Crippen molar-refractivity contribution in [2.75, 3.05) is 13.2 Å². The van der Waals surface area contributed by atoms with Gasteiger partial charge >= 0.3 is 0 Å². The van der Waals surface area contributed by atoms with E-state index in [2.05, 4.69) is 19.2 Å². The molecular weight excluding hydrogens is 268 g/mol. The molecule has 0 spiro atoms. The Hall–Kier alpha value is -1.10. The van der Waals surface area contributed by atoms with Gasteiger partial charge in [0.1, 0.15) is 12.1 Å². The number of ether oxygens (including phenoxy) is 1. The standard InChI is InChI=1S/C16H28N2O3/c1-5-11(3)13-15(20)18(12(6-2)14(19)17-13)16(4)7-9-21-10-8-16/h11-13H,5-10H2,1-4H3,(H,17,19). The van der Waals surface area contributed by atoms with Crippen LogP contribution in [0.4, 0.5) is 0 Å². The monoisotopic (exact) mass is 296 g/mol. The number of carbonyl (C=O) groups is 2. The Kier molecular flexibility index (Phi) is 4.91. The molecule has 0 bridgehead atoms. The Morgan fingerprint density at radius 2 is 1.95 bits per heavy atom. The molecule has 0 aliphatic carbocycles. The molecule has 120 valence electrons. The summed E-state index contributed by atoms with van der Waals surface area (Å²) in [6.45, 7) is 9.47. The smallest absolute Gasteiger partial charge is 0.246 e. The maximum atomic E-state index is 13.0. The molecule has 5 nitrogen and oxygen atoms in total. The summed E-state index contributed by atoms with van der Waals surface area (Å²) < 4.78 is 5.44. The highest BCUT2D eigenvalue weighted by Gasteiger charge is 2.49. The molecule has 0 aromatic heterocycles. The van der Waals surface area contributed by atoms with E-state index >= 15 is 0 Å². The molecule has 5 heteroatoms. The quantitative estimate of drug-likeness (QED) is 0.859. The lowest BCUT2D eigenvalue weighted by Crippen LogP contribution is -2.70. The summed E-state index contributed by atoms with van der Waals surface area (Å²) in [5.74, 6) is 0.237. The van der Waals surface area contributed by atoms with Crippen LogP contribution in [-0.2, 0) is 14.3 Å². The lowest BCUT2D eigenvalue weighted by atomic mass is 9.84. The summed E-state index contributed by atoms with van der Waals surface area (Å²) in [5.41, 5.74) is -0.264. The summed E-state index contributed by atoms with van der Waals surface area (Å²) in [6.07, 6.45) is 3.13. The lowest BCUT2D eigenvalue weighted by Gasteiger charge is -2.51. The van der Waals surface area contributed by atoms with Gasteiger partial charge in [-0.2, -0.15) is 0 Å². The number of nitrogens with zero attached hydrogens (tertiary/aromatic N) is 1. The molecule has 2 rings (SSSR count). The average molecular weight is 296 g/mol. The number of hydrogen-bond donors (Lipinski definition) is 1. The van der Waals surface area contributed by atoms with Crippen molar-refractivity contribution in [1.29, 1.82) is 0 Å². The molecule has 2 amide bonds. The van der Waals surface area contributed by atoms with Gasteiger partial charge in [-0.3, -0.25) is 9.59 Å². The van der Waals surface area contributed by atoms with Crippen LogP contribution in [0.25, 0.3) is 0 Å². The van der Waals surface area contributed by atoms with E-state index in [-0.39, 0.29) is 35.4 Å². The van der Waals surface area contributed by atoms with E-state index < -0.39 is 0 Å². The fourth-order valence-electron chi connectivity index (χ4n) is 3.42. The van der Waals surface area contributed by atoms with Crippen molar-refractivity contribution in [3.63, 3.8) is 0 Å². The van der Waals surface area contributed by atoms with Crippen molar-refractivity contribution >= 4 is 11.8 Å². The third kappa shape index (κ3) is 2.93. The largest absolute Gasteiger partial charge is 0.381 e. The van der Waals surface area contributed by atoms with E-state index in [0.717, 1.165) is 19.3 Å². The van der Waals surface area contributed by atoms with Crippen molar-refractivity contribution in [1.82, 2.24) is 10.2 Å². The molecule has 21 heavy (non-hydrogen) atoms. The third-order valence-electron chi connectivity index (χ3n) is 5.17. The first kappa shape index (κ1) is 16.3. The number of amides is 2. The molecule has 3 atom stereocenters. The second-order valence-corrected chi connectivity index (χ2v) is 6.61. The summed E-state index contributed by atoms with van der Waals surface area (Å²) in [4.78, 5) is 27.4. The first-order valence-corrected chi connectivity index (χ1v) is 8.16. The van der Waals surface area contributed by atoms with E-state index in [4.69, 9.17) is 4.74 Å². The van der Waals surface area contributed by atoms with E-state index in [0.29, 0.717) is 19.6 Å². The van der Waals surface area contributed by atoms with Crippen molar-refractivity contribution in [3.8, 4) is 0 Å². The van der Waals surface area contributed by atoms with Crippen molar-refractivity contribution in [3.05, 3.63) is 0 Å². The maximum Gasteiger partial charge on any atom is 0.246 e. The zero-order chi connectivity index (χ0) is 15.6. The van der Waals surface area contributed by atoms with Crippen LogP contribution >= 0.6 is 0 Å². The van der Waals surface area contributed by atoms with Gasteiger partial charge in [0.15, 0.2) is 0 Å². The van der Waals surface area contributed by atoms with E-state index in [1.165, 1.54) is 0 Å². The van der Waals surface area contributed by atoms with Crippen LogP contribution in [0, 0.1) is 5.92 Å². The highest BCUT2D eigenvalue weighted by molar-refractivity contribution is 5.97. The number of carbonyl (C=O) groups excluding carboxylic acids is 2. The summed E-state index contributed by atoms with van der Waals surface area (Å²) in [5, 5.41) is 2.94. The second-order valence-electron chi connectivity index (χ2n) is 6.61. The Morgan fingerprint density at radius 3 is 2.48 bits per heavy atom. The lowest BCUT2D eigenvalue weighted by molar-refractivity contribution is -0.162. The number of nitrogens with one attached hydrogen (secondary N) is 1. The van der Waals surface area contributed by atoms with Gasteiger partial charge in [-0.05, 0) is 32.1 Å². The maximum absolute atomic E-state index is 13.0. The first-order chi connectivity index (χ1) is 9.94. The summed E-state index contributed by atoms with van der Waals surface area (Å²) >= 11 is 0. The number of hydrogen-bond acceptors (Lipinski definition) is 3. The van der Waals surface area contributed by atoms with Gasteiger partial charge in [-0.15, -0.1) is 0 Å². The minimum Gasteiger partial charge on any atom is -0.381 e. The van der Waals surface area contributed by atoms with Crippen LogP contribution < -0.4 is 5.32 Å². The fraction of sp³-hybridized carbons (Fsp3) is 0.875. The highest BCUT2D eigenvalue weighted by atomic mass is 16.5. The van der Waals surface area contributed by atoms with Crippen LogP contribution in [0.15, 0.2) is 0 Å². The van der Waals surface area contributed by atoms with Gasteiger partial charge in [-0.25, -0.2) is 0 Å². The molecule has 2 saturated heterocycles. The fourth-order valence-corrected chi connectivity index (χ4v) is 3.42. The molecule has 1 N–H and O–H groups in total. The molecule has 2 heterocycles. The normalized spacial score (nSPS) is 31.0. The van der Waals surface area contributed by atoms with Crippen LogP contribution in [-0.4, -0.2) is 47.6 Å². The minimum absolute atomic E-state index is 0.00452. The zero-order valence-electron chi connectivity index (χ0n) is 13.6. The van der Waals surface area contributed by atoms with Gasteiger partial charge in [0.05, 0.1) is 0 Å². The van der Waals surface area contributed by atoms with Gasteiger partial charge in [0.25, 0.3) is 0 Å². The third-order valence-corrected chi connectivity index (χ3v) is 5.17.